The number of amides is 1. The number of likely N-dealkylation sites (tertiary alicyclic amines) is 1. The first-order chi connectivity index (χ1) is 8.24. The lowest BCUT2D eigenvalue weighted by Crippen LogP contribution is -2.29. The van der Waals surface area contributed by atoms with Crippen LogP contribution < -0.4 is 11.3 Å². The molecular formula is C11H16N4O2. The van der Waals surface area contributed by atoms with Crippen molar-refractivity contribution in [3.8, 4) is 0 Å². The van der Waals surface area contributed by atoms with Gasteiger partial charge in [-0.05, 0) is 18.6 Å². The van der Waals surface area contributed by atoms with Crippen LogP contribution in [0.5, 0.6) is 0 Å². The molecule has 0 spiro atoms. The molecule has 17 heavy (non-hydrogen) atoms. The number of nitrogens with zero attached hydrogens (tertiary/aromatic N) is 2. The second-order valence-corrected chi connectivity index (χ2v) is 4.16. The molecule has 1 saturated heterocycles. The zero-order valence-electron chi connectivity index (χ0n) is 9.47. The van der Waals surface area contributed by atoms with Crippen LogP contribution >= 0.6 is 0 Å². The molecule has 0 bridgehead atoms. The summed E-state index contributed by atoms with van der Waals surface area (Å²) in [6.07, 6.45) is 2.40. The van der Waals surface area contributed by atoms with Crippen LogP contribution in [0.1, 0.15) is 16.8 Å². The zero-order chi connectivity index (χ0) is 12.3. The van der Waals surface area contributed by atoms with Crippen LogP contribution in [0.15, 0.2) is 18.3 Å². The van der Waals surface area contributed by atoms with E-state index in [1.807, 2.05) is 0 Å². The van der Waals surface area contributed by atoms with E-state index in [0.717, 1.165) is 6.42 Å². The molecule has 92 valence electrons. The number of aliphatic hydroxyl groups excluding tert-OH is 1. The molecule has 1 aromatic rings. The van der Waals surface area contributed by atoms with E-state index in [1.54, 1.807) is 23.2 Å². The highest BCUT2D eigenvalue weighted by atomic mass is 16.3. The Morgan fingerprint density at radius 2 is 2.53 bits per heavy atom. The number of hydrogen-bond acceptors (Lipinski definition) is 5. The van der Waals surface area contributed by atoms with Gasteiger partial charge in [-0.15, -0.1) is 0 Å². The predicted molar refractivity (Wildman–Crippen MR) is 63.1 cm³/mol. The Kier molecular flexibility index (Phi) is 3.55. The number of aromatic nitrogens is 1. The van der Waals surface area contributed by atoms with Gasteiger partial charge in [-0.3, -0.25) is 4.79 Å². The third-order valence-corrected chi connectivity index (χ3v) is 2.99. The molecule has 2 rings (SSSR count). The van der Waals surface area contributed by atoms with Crippen molar-refractivity contribution < 1.29 is 9.90 Å². The summed E-state index contributed by atoms with van der Waals surface area (Å²) in [5.41, 5.74) is 2.97. The van der Waals surface area contributed by atoms with Crippen LogP contribution in [0.3, 0.4) is 0 Å². The predicted octanol–water partition coefficient (Wildman–Crippen LogP) is -0.178. The molecule has 0 saturated carbocycles. The van der Waals surface area contributed by atoms with Crippen LogP contribution in [-0.4, -0.2) is 40.6 Å². The number of aliphatic hydroxyl groups is 1. The van der Waals surface area contributed by atoms with E-state index >= 15 is 0 Å². The summed E-state index contributed by atoms with van der Waals surface area (Å²) < 4.78 is 0. The SMILES string of the molecule is NNc1cc(C(=O)N2CCC(CO)C2)ccn1. The smallest absolute Gasteiger partial charge is 0.254 e. The fourth-order valence-electron chi connectivity index (χ4n) is 1.99. The highest BCUT2D eigenvalue weighted by molar-refractivity contribution is 5.95. The molecule has 4 N–H and O–H groups in total. The lowest BCUT2D eigenvalue weighted by atomic mass is 10.1. The van der Waals surface area contributed by atoms with Gasteiger partial charge in [0.05, 0.1) is 0 Å². The van der Waals surface area contributed by atoms with Crippen molar-refractivity contribution in [2.45, 2.75) is 6.42 Å². The van der Waals surface area contributed by atoms with Gasteiger partial charge in [0, 0.05) is 37.4 Å². The van der Waals surface area contributed by atoms with Gasteiger partial charge in [-0.2, -0.15) is 0 Å². The summed E-state index contributed by atoms with van der Waals surface area (Å²) in [5, 5.41) is 9.04. The summed E-state index contributed by atoms with van der Waals surface area (Å²) in [4.78, 5) is 17.8. The normalized spacial score (nSPS) is 19.4. The number of carbonyl (C=O) groups excluding carboxylic acids is 1. The van der Waals surface area contributed by atoms with Crippen LogP contribution in [0.4, 0.5) is 5.82 Å². The van der Waals surface area contributed by atoms with Gasteiger partial charge in [0.15, 0.2) is 0 Å². The molecule has 1 unspecified atom stereocenters. The fourth-order valence-corrected chi connectivity index (χ4v) is 1.99. The summed E-state index contributed by atoms with van der Waals surface area (Å²) >= 11 is 0. The molecule has 0 aromatic carbocycles. The maximum Gasteiger partial charge on any atom is 0.254 e. The van der Waals surface area contributed by atoms with Gasteiger partial charge in [0.2, 0.25) is 0 Å². The van der Waals surface area contributed by atoms with E-state index < -0.39 is 0 Å². The Labute approximate surface area is 99.4 Å². The van der Waals surface area contributed by atoms with Crippen LogP contribution in [0, 0.1) is 5.92 Å². The number of nitrogens with two attached hydrogens (primary N) is 1. The number of rotatable bonds is 3. The number of nitrogen functional groups attached to an aromatic ring is 1. The molecule has 1 fully saturated rings. The van der Waals surface area contributed by atoms with Gasteiger partial charge in [-0.1, -0.05) is 0 Å². The van der Waals surface area contributed by atoms with E-state index in [0.29, 0.717) is 24.5 Å². The van der Waals surface area contributed by atoms with E-state index in [9.17, 15) is 4.79 Å². The first-order valence-electron chi connectivity index (χ1n) is 5.57. The summed E-state index contributed by atoms with van der Waals surface area (Å²) in [6.45, 7) is 1.44. The molecule has 1 aromatic heterocycles. The van der Waals surface area contributed by atoms with E-state index in [1.165, 1.54) is 0 Å². The molecule has 6 nitrogen and oxygen atoms in total. The monoisotopic (exact) mass is 236 g/mol. The minimum atomic E-state index is -0.0418. The molecule has 1 aliphatic heterocycles. The second kappa shape index (κ2) is 5.11. The number of hydrogen-bond donors (Lipinski definition) is 3. The molecule has 1 aliphatic rings. The standard InChI is InChI=1S/C11H16N4O2/c12-14-10-5-9(1-3-13-10)11(17)15-4-2-8(6-15)7-16/h1,3,5,8,16H,2,4,6-7,12H2,(H,13,14). The van der Waals surface area contributed by atoms with Crippen LogP contribution in [0.2, 0.25) is 0 Å². The molecule has 1 amide bonds. The largest absolute Gasteiger partial charge is 0.396 e. The van der Waals surface area contributed by atoms with Crippen LogP contribution in [-0.2, 0) is 0 Å². The Balaban J connectivity index is 2.09. The number of pyridine rings is 1. The van der Waals surface area contributed by atoms with Gasteiger partial charge in [0.1, 0.15) is 5.82 Å². The minimum absolute atomic E-state index is 0.0418. The Morgan fingerprint density at radius 3 is 3.18 bits per heavy atom. The molecule has 0 radical (unpaired) electrons. The van der Waals surface area contributed by atoms with Crippen molar-refractivity contribution in [3.63, 3.8) is 0 Å². The van der Waals surface area contributed by atoms with Crippen molar-refractivity contribution in [1.82, 2.24) is 9.88 Å². The number of carbonyl (C=O) groups is 1. The Hall–Kier alpha value is -1.66. The molecule has 2 heterocycles. The number of anilines is 1. The number of hydrazine groups is 1. The third-order valence-electron chi connectivity index (χ3n) is 2.99. The quantitative estimate of drug-likeness (QED) is 0.500. The maximum absolute atomic E-state index is 12.1. The van der Waals surface area contributed by atoms with Crippen LogP contribution in [0.25, 0.3) is 0 Å². The Bertz CT molecular complexity index is 410. The van der Waals surface area contributed by atoms with Crippen molar-refractivity contribution in [3.05, 3.63) is 23.9 Å². The average molecular weight is 236 g/mol. The summed E-state index contributed by atoms with van der Waals surface area (Å²) in [6, 6.07) is 3.28. The second-order valence-electron chi connectivity index (χ2n) is 4.16. The first-order valence-corrected chi connectivity index (χ1v) is 5.57. The third kappa shape index (κ3) is 2.54. The molecule has 6 heteroatoms. The molecular weight excluding hydrogens is 220 g/mol. The summed E-state index contributed by atoms with van der Waals surface area (Å²) in [7, 11) is 0. The van der Waals surface area contributed by atoms with Crippen molar-refractivity contribution in [2.75, 3.05) is 25.1 Å². The van der Waals surface area contributed by atoms with E-state index in [2.05, 4.69) is 10.4 Å². The van der Waals surface area contributed by atoms with Gasteiger partial charge < -0.3 is 15.4 Å². The van der Waals surface area contributed by atoms with Gasteiger partial charge in [-0.25, -0.2) is 10.8 Å². The average Bonchev–Trinajstić information content (AvgIpc) is 2.86. The zero-order valence-corrected chi connectivity index (χ0v) is 9.47. The summed E-state index contributed by atoms with van der Waals surface area (Å²) in [5.74, 6) is 5.87. The fraction of sp³-hybridized carbons (Fsp3) is 0.455. The topological polar surface area (TPSA) is 91.5 Å². The lowest BCUT2D eigenvalue weighted by Gasteiger charge is -2.16. The highest BCUT2D eigenvalue weighted by Crippen LogP contribution is 2.18. The van der Waals surface area contributed by atoms with Gasteiger partial charge in [0.25, 0.3) is 5.91 Å². The maximum atomic E-state index is 12.1. The first kappa shape index (κ1) is 11.8. The number of nitrogens with one attached hydrogen (secondary N) is 1. The molecule has 1 atom stereocenters. The Morgan fingerprint density at radius 1 is 1.71 bits per heavy atom. The van der Waals surface area contributed by atoms with E-state index in [4.69, 9.17) is 10.9 Å². The van der Waals surface area contributed by atoms with Crippen molar-refractivity contribution >= 4 is 11.7 Å². The van der Waals surface area contributed by atoms with Crippen molar-refractivity contribution in [2.24, 2.45) is 11.8 Å². The molecule has 0 aliphatic carbocycles. The lowest BCUT2D eigenvalue weighted by molar-refractivity contribution is 0.0782. The van der Waals surface area contributed by atoms with Crippen molar-refractivity contribution in [1.29, 1.82) is 0 Å². The highest BCUT2D eigenvalue weighted by Gasteiger charge is 2.26. The van der Waals surface area contributed by atoms with Gasteiger partial charge >= 0.3 is 0 Å². The minimum Gasteiger partial charge on any atom is -0.396 e. The van der Waals surface area contributed by atoms with E-state index in [-0.39, 0.29) is 18.4 Å².